The summed E-state index contributed by atoms with van der Waals surface area (Å²) < 4.78 is 4.17. The summed E-state index contributed by atoms with van der Waals surface area (Å²) in [4.78, 5) is 4.83. The fourth-order valence-corrected chi connectivity index (χ4v) is 5.58. The Balaban J connectivity index is 1.59. The SMILES string of the molecule is Cn1c(Sc2c3c(c(C#N)c4nc5ccccc5n24)CCC3)nnc1-c1ccccc1. The number of para-hydroxylation sites is 2. The van der Waals surface area contributed by atoms with Gasteiger partial charge in [-0.2, -0.15) is 5.26 Å². The number of pyridine rings is 1. The number of benzene rings is 2. The molecule has 3 aromatic heterocycles. The zero-order valence-electron chi connectivity index (χ0n) is 16.9. The molecule has 6 nitrogen and oxygen atoms in total. The van der Waals surface area contributed by atoms with Crippen LogP contribution >= 0.6 is 11.8 Å². The van der Waals surface area contributed by atoms with E-state index in [1.807, 2.05) is 60.1 Å². The van der Waals surface area contributed by atoms with E-state index >= 15 is 0 Å². The van der Waals surface area contributed by atoms with E-state index in [9.17, 15) is 5.26 Å². The standard InChI is InChI=1S/C24H18N6S/c1-29-21(15-8-3-2-4-9-15)27-28-24(29)31-23-17-11-7-10-16(17)18(14-25)22-26-19-12-5-6-13-20(19)30(22)23/h2-6,8-9,12-13H,7,10-11H2,1H3. The molecule has 150 valence electrons. The first-order chi connectivity index (χ1) is 15.3. The Labute approximate surface area is 183 Å². The second kappa shape index (κ2) is 6.96. The van der Waals surface area contributed by atoms with Crippen molar-refractivity contribution in [2.24, 2.45) is 7.05 Å². The van der Waals surface area contributed by atoms with Gasteiger partial charge in [-0.15, -0.1) is 10.2 Å². The molecule has 1 aliphatic rings. The average Bonchev–Trinajstić information content (AvgIpc) is 3.52. The van der Waals surface area contributed by atoms with Crippen LogP contribution in [0.5, 0.6) is 0 Å². The summed E-state index contributed by atoms with van der Waals surface area (Å²) in [5.74, 6) is 0.833. The van der Waals surface area contributed by atoms with E-state index in [0.717, 1.165) is 63.1 Å². The van der Waals surface area contributed by atoms with Crippen molar-refractivity contribution in [3.05, 3.63) is 71.3 Å². The molecule has 7 heteroatoms. The van der Waals surface area contributed by atoms with Gasteiger partial charge in [0.05, 0.1) is 21.6 Å². The highest BCUT2D eigenvalue weighted by atomic mass is 32.2. The number of aromatic nitrogens is 5. The average molecular weight is 423 g/mol. The Hall–Kier alpha value is -3.63. The first-order valence-corrected chi connectivity index (χ1v) is 11.1. The third kappa shape index (κ3) is 2.69. The van der Waals surface area contributed by atoms with Gasteiger partial charge in [-0.25, -0.2) is 4.98 Å². The summed E-state index contributed by atoms with van der Waals surface area (Å²) >= 11 is 1.61. The molecule has 3 heterocycles. The van der Waals surface area contributed by atoms with Crippen molar-refractivity contribution in [2.75, 3.05) is 0 Å². The number of nitriles is 1. The van der Waals surface area contributed by atoms with Crippen LogP contribution < -0.4 is 0 Å². The van der Waals surface area contributed by atoms with Gasteiger partial charge in [-0.1, -0.05) is 42.5 Å². The topological polar surface area (TPSA) is 71.8 Å². The van der Waals surface area contributed by atoms with Gasteiger partial charge in [-0.3, -0.25) is 4.40 Å². The van der Waals surface area contributed by atoms with Crippen LogP contribution in [-0.2, 0) is 19.9 Å². The van der Waals surface area contributed by atoms with Gasteiger partial charge in [0.1, 0.15) is 6.07 Å². The van der Waals surface area contributed by atoms with Crippen molar-refractivity contribution in [2.45, 2.75) is 29.4 Å². The minimum atomic E-state index is 0.705. The van der Waals surface area contributed by atoms with Crippen LogP contribution in [0.15, 0.2) is 64.8 Å². The molecule has 0 N–H and O–H groups in total. The Morgan fingerprint density at radius 2 is 1.74 bits per heavy atom. The second-order valence-electron chi connectivity index (χ2n) is 7.70. The number of hydrogen-bond donors (Lipinski definition) is 0. The van der Waals surface area contributed by atoms with Gasteiger partial charge in [0.25, 0.3) is 0 Å². The van der Waals surface area contributed by atoms with Gasteiger partial charge >= 0.3 is 0 Å². The number of imidazole rings is 1. The van der Waals surface area contributed by atoms with Crippen LogP contribution in [0, 0.1) is 11.3 Å². The van der Waals surface area contributed by atoms with Crippen LogP contribution in [0.3, 0.4) is 0 Å². The number of nitrogens with zero attached hydrogens (tertiary/aromatic N) is 6. The lowest BCUT2D eigenvalue weighted by atomic mass is 10.1. The quantitative estimate of drug-likeness (QED) is 0.418. The van der Waals surface area contributed by atoms with E-state index in [2.05, 4.69) is 26.7 Å². The maximum atomic E-state index is 9.94. The summed E-state index contributed by atoms with van der Waals surface area (Å²) in [5.41, 5.74) is 6.75. The highest BCUT2D eigenvalue weighted by Crippen LogP contribution is 2.40. The predicted molar refractivity (Wildman–Crippen MR) is 120 cm³/mol. The van der Waals surface area contributed by atoms with Gasteiger partial charge < -0.3 is 4.57 Å². The van der Waals surface area contributed by atoms with E-state index in [4.69, 9.17) is 4.98 Å². The van der Waals surface area contributed by atoms with Crippen LogP contribution in [0.4, 0.5) is 0 Å². The van der Waals surface area contributed by atoms with Gasteiger partial charge in [0, 0.05) is 12.6 Å². The summed E-state index contributed by atoms with van der Waals surface area (Å²) in [6, 6.07) is 20.6. The lowest BCUT2D eigenvalue weighted by molar-refractivity contribution is 0.790. The number of rotatable bonds is 3. The Kier molecular flexibility index (Phi) is 4.08. The fourth-order valence-electron chi connectivity index (χ4n) is 4.48. The molecule has 0 radical (unpaired) electrons. The van der Waals surface area contributed by atoms with E-state index in [-0.39, 0.29) is 0 Å². The zero-order valence-corrected chi connectivity index (χ0v) is 17.7. The normalized spacial score (nSPS) is 13.0. The maximum Gasteiger partial charge on any atom is 0.197 e. The molecule has 0 saturated heterocycles. The van der Waals surface area contributed by atoms with Gasteiger partial charge in [0.2, 0.25) is 0 Å². The highest BCUT2D eigenvalue weighted by Gasteiger charge is 2.27. The Bertz CT molecular complexity index is 1510. The monoisotopic (exact) mass is 422 g/mol. The van der Waals surface area contributed by atoms with E-state index in [1.165, 1.54) is 5.56 Å². The van der Waals surface area contributed by atoms with Crippen molar-refractivity contribution in [3.63, 3.8) is 0 Å². The second-order valence-corrected chi connectivity index (χ2v) is 8.65. The van der Waals surface area contributed by atoms with E-state index in [1.54, 1.807) is 11.8 Å². The molecule has 0 saturated carbocycles. The molecule has 0 fully saturated rings. The van der Waals surface area contributed by atoms with Crippen LogP contribution in [0.2, 0.25) is 0 Å². The molecule has 6 rings (SSSR count). The molecule has 0 unspecified atom stereocenters. The van der Waals surface area contributed by atoms with Crippen molar-refractivity contribution >= 4 is 28.4 Å². The lowest BCUT2D eigenvalue weighted by Gasteiger charge is -2.14. The molecular formula is C24H18N6S. The van der Waals surface area contributed by atoms with E-state index in [0.29, 0.717) is 5.56 Å². The van der Waals surface area contributed by atoms with Crippen LogP contribution in [-0.4, -0.2) is 24.1 Å². The molecule has 0 atom stereocenters. The van der Waals surface area contributed by atoms with Crippen molar-refractivity contribution in [3.8, 4) is 17.5 Å². The largest absolute Gasteiger partial charge is 0.305 e. The van der Waals surface area contributed by atoms with Crippen LogP contribution in [0.25, 0.3) is 28.1 Å². The zero-order chi connectivity index (χ0) is 20.9. The van der Waals surface area contributed by atoms with Gasteiger partial charge in [0.15, 0.2) is 16.6 Å². The Morgan fingerprint density at radius 3 is 2.58 bits per heavy atom. The maximum absolute atomic E-state index is 9.94. The third-order valence-electron chi connectivity index (χ3n) is 5.93. The number of hydrogen-bond acceptors (Lipinski definition) is 5. The van der Waals surface area contributed by atoms with Crippen molar-refractivity contribution < 1.29 is 0 Å². The minimum Gasteiger partial charge on any atom is -0.305 e. The van der Waals surface area contributed by atoms with Gasteiger partial charge in [-0.05, 0) is 54.3 Å². The molecular weight excluding hydrogens is 404 g/mol. The number of fused-ring (bicyclic) bond motifs is 4. The summed E-state index contributed by atoms with van der Waals surface area (Å²) in [6.07, 6.45) is 2.93. The predicted octanol–water partition coefficient (Wildman–Crippen LogP) is 4.79. The Morgan fingerprint density at radius 1 is 0.968 bits per heavy atom. The highest BCUT2D eigenvalue weighted by molar-refractivity contribution is 7.99. The van der Waals surface area contributed by atoms with Crippen molar-refractivity contribution in [1.29, 1.82) is 5.26 Å². The lowest BCUT2D eigenvalue weighted by Crippen LogP contribution is -2.03. The molecule has 1 aliphatic carbocycles. The third-order valence-corrected chi connectivity index (χ3v) is 7.09. The van der Waals surface area contributed by atoms with Crippen LogP contribution in [0.1, 0.15) is 23.1 Å². The molecule has 5 aromatic rings. The molecule has 0 spiro atoms. The molecule has 0 bridgehead atoms. The minimum absolute atomic E-state index is 0.705. The molecule has 0 aliphatic heterocycles. The smallest absolute Gasteiger partial charge is 0.197 e. The summed E-state index contributed by atoms with van der Waals surface area (Å²) in [5, 5.41) is 20.8. The first-order valence-electron chi connectivity index (χ1n) is 10.2. The first kappa shape index (κ1) is 18.2. The molecule has 31 heavy (non-hydrogen) atoms. The molecule has 0 amide bonds. The molecule has 2 aromatic carbocycles. The van der Waals surface area contributed by atoms with E-state index < -0.39 is 0 Å². The van der Waals surface area contributed by atoms with Crippen molar-refractivity contribution in [1.82, 2.24) is 24.1 Å². The summed E-state index contributed by atoms with van der Waals surface area (Å²) in [6.45, 7) is 0. The summed E-state index contributed by atoms with van der Waals surface area (Å²) in [7, 11) is 2.00. The fraction of sp³-hybridized carbons (Fsp3) is 0.167.